The van der Waals surface area contributed by atoms with Crippen LogP contribution in [0.2, 0.25) is 0 Å². The molecule has 0 rings (SSSR count). The van der Waals surface area contributed by atoms with Crippen molar-refractivity contribution < 1.29 is 37.3 Å². The molecule has 0 aromatic heterocycles. The molecule has 0 saturated heterocycles. The summed E-state index contributed by atoms with van der Waals surface area (Å²) in [4.78, 5) is 37.7. The van der Waals surface area contributed by atoms with E-state index >= 15 is 0 Å². The molecule has 2 N–H and O–H groups in total. The maximum absolute atomic E-state index is 13.5. The molecule has 0 aliphatic carbocycles. The van der Waals surface area contributed by atoms with Crippen molar-refractivity contribution in [3.8, 4) is 0 Å². The van der Waals surface area contributed by atoms with Gasteiger partial charge in [0.1, 0.15) is 19.3 Å². The number of likely N-dealkylation sites (N-methyl/N-ethyl adjacent to an activating group) is 1. The quantitative estimate of drug-likeness (QED) is 0.0205. The molecule has 9 nitrogen and oxygen atoms in total. The number of rotatable bonds is 60. The topological polar surface area (TPSA) is 111 Å². The number of carbonyl (C=O) groups is 2. The number of quaternary nitrogens is 1. The number of hydrogen-bond acceptors (Lipinski definition) is 6. The van der Waals surface area contributed by atoms with Crippen molar-refractivity contribution in [2.45, 2.75) is 341 Å². The van der Waals surface area contributed by atoms with Gasteiger partial charge in [-0.1, -0.05) is 283 Å². The fourth-order valence-electron chi connectivity index (χ4n) is 9.82. The average Bonchev–Trinajstić information content (AvgIpc) is 3.37. The molecule has 0 aromatic rings. The Morgan fingerprint density at radius 3 is 1.13 bits per heavy atom. The summed E-state index contributed by atoms with van der Waals surface area (Å²) < 4.78 is 30.7. The number of carbonyl (C=O) groups excluding carboxylic acids is 2. The molecule has 0 heterocycles. The maximum Gasteiger partial charge on any atom is 0.472 e. The second-order valence-corrected chi connectivity index (χ2v) is 25.1. The number of esters is 1. The number of phosphoric ester groups is 1. The summed E-state index contributed by atoms with van der Waals surface area (Å²) in [6.07, 6.45) is 66.1. The SMILES string of the molecule is CCCCCCCCC/C=C/CCCCCCCC(=O)NC(COP(=O)(O)OCC[N+](C)(C)C)C(/C=C/CCCCCCCCCCCC)OC(=O)CCCCCCCCCCCCCCCCCCCCCCC. The van der Waals surface area contributed by atoms with Gasteiger partial charge >= 0.3 is 13.8 Å². The first-order valence-electron chi connectivity index (χ1n) is 32.7. The molecule has 10 heteroatoms. The standard InChI is InChI=1S/C65H127N2O7P/c1-7-10-13-16-19-22-25-28-30-32-33-34-35-36-38-40-43-46-49-52-55-58-65(69)74-63(56-53-50-47-44-41-27-24-21-18-15-12-9-3)62(61-73-75(70,71)72-60-59-67(4,5)6)66-64(68)57-54-51-48-45-42-39-37-31-29-26-23-20-17-14-11-8-2/h31,37,53,56,62-63H,7-30,32-36,38-52,54-55,57-61H2,1-6H3,(H-,66,68,70,71)/p+1/b37-31+,56-53+. The largest absolute Gasteiger partial charge is 0.472 e. The van der Waals surface area contributed by atoms with E-state index in [2.05, 4.69) is 38.2 Å². The summed E-state index contributed by atoms with van der Waals surface area (Å²) in [5, 5.41) is 3.06. The summed E-state index contributed by atoms with van der Waals surface area (Å²) in [5.41, 5.74) is 0. The van der Waals surface area contributed by atoms with E-state index in [0.717, 1.165) is 77.0 Å². The fraction of sp³-hybridized carbons (Fsp3) is 0.908. The van der Waals surface area contributed by atoms with Gasteiger partial charge in [0.05, 0.1) is 33.8 Å². The predicted molar refractivity (Wildman–Crippen MR) is 323 cm³/mol. The number of allylic oxidation sites excluding steroid dienone is 3. The van der Waals surface area contributed by atoms with Gasteiger partial charge in [0, 0.05) is 12.8 Å². The summed E-state index contributed by atoms with van der Waals surface area (Å²) in [5.74, 6) is -0.497. The number of phosphoric acid groups is 1. The predicted octanol–water partition coefficient (Wildman–Crippen LogP) is 20.1. The minimum absolute atomic E-state index is 0.0422. The van der Waals surface area contributed by atoms with Crippen LogP contribution in [0.4, 0.5) is 0 Å². The van der Waals surface area contributed by atoms with Gasteiger partial charge in [-0.05, 0) is 57.4 Å². The summed E-state index contributed by atoms with van der Waals surface area (Å²) in [6.45, 7) is 7.05. The van der Waals surface area contributed by atoms with Crippen LogP contribution in [0.25, 0.3) is 0 Å². The molecule has 3 atom stereocenters. The normalized spacial score (nSPS) is 13.7. The van der Waals surface area contributed by atoms with E-state index in [1.807, 2.05) is 33.3 Å². The van der Waals surface area contributed by atoms with Gasteiger partial charge in [-0.25, -0.2) is 4.57 Å². The lowest BCUT2D eigenvalue weighted by Gasteiger charge is -2.27. The van der Waals surface area contributed by atoms with Gasteiger partial charge in [0.15, 0.2) is 0 Å². The second kappa shape index (κ2) is 55.8. The third-order valence-electron chi connectivity index (χ3n) is 14.9. The summed E-state index contributed by atoms with van der Waals surface area (Å²) in [7, 11) is 1.51. The van der Waals surface area contributed by atoms with Crippen LogP contribution < -0.4 is 5.32 Å². The lowest BCUT2D eigenvalue weighted by atomic mass is 10.0. The molecule has 0 bridgehead atoms. The molecule has 0 aromatic carbocycles. The first-order valence-corrected chi connectivity index (χ1v) is 34.2. The average molecular weight is 1080 g/mol. The molecule has 0 saturated carbocycles. The van der Waals surface area contributed by atoms with Gasteiger partial charge in [0.25, 0.3) is 0 Å². The smallest absolute Gasteiger partial charge is 0.456 e. The molecular weight excluding hydrogens is 952 g/mol. The highest BCUT2D eigenvalue weighted by Gasteiger charge is 2.30. The van der Waals surface area contributed by atoms with Crippen LogP contribution in [0.3, 0.4) is 0 Å². The van der Waals surface area contributed by atoms with Crippen LogP contribution in [0, 0.1) is 0 Å². The lowest BCUT2D eigenvalue weighted by molar-refractivity contribution is -0.870. The van der Waals surface area contributed by atoms with Crippen molar-refractivity contribution in [3.05, 3.63) is 24.3 Å². The molecule has 3 unspecified atom stereocenters. The molecule has 1 amide bonds. The zero-order chi connectivity index (χ0) is 55.0. The number of hydrogen-bond donors (Lipinski definition) is 2. The Bertz CT molecular complexity index is 1340. The number of unbranched alkanes of at least 4 members (excludes halogenated alkanes) is 42. The van der Waals surface area contributed by atoms with Crippen molar-refractivity contribution in [1.82, 2.24) is 5.32 Å². The van der Waals surface area contributed by atoms with E-state index < -0.39 is 20.0 Å². The van der Waals surface area contributed by atoms with Crippen molar-refractivity contribution >= 4 is 19.7 Å². The first kappa shape index (κ1) is 73.5. The van der Waals surface area contributed by atoms with E-state index in [-0.39, 0.29) is 25.1 Å². The van der Waals surface area contributed by atoms with Gasteiger partial charge in [-0.3, -0.25) is 18.6 Å². The number of amides is 1. The molecule has 0 aliphatic rings. The van der Waals surface area contributed by atoms with Crippen molar-refractivity contribution in [1.29, 1.82) is 0 Å². The number of nitrogens with one attached hydrogen (secondary N) is 1. The molecule has 0 aliphatic heterocycles. The van der Waals surface area contributed by atoms with Crippen LogP contribution in [0.1, 0.15) is 329 Å². The third kappa shape index (κ3) is 57.0. The Balaban J connectivity index is 5.16. The van der Waals surface area contributed by atoms with Gasteiger partial charge in [-0.2, -0.15) is 0 Å². The molecule has 0 radical (unpaired) electrons. The molecule has 75 heavy (non-hydrogen) atoms. The minimum Gasteiger partial charge on any atom is -0.456 e. The van der Waals surface area contributed by atoms with Crippen LogP contribution in [0.5, 0.6) is 0 Å². The maximum atomic E-state index is 13.5. The van der Waals surface area contributed by atoms with Crippen molar-refractivity contribution in [2.24, 2.45) is 0 Å². The van der Waals surface area contributed by atoms with E-state index in [9.17, 15) is 19.0 Å². The van der Waals surface area contributed by atoms with E-state index in [4.69, 9.17) is 13.8 Å². The Kier molecular flexibility index (Phi) is 54.7. The highest BCUT2D eigenvalue weighted by atomic mass is 31.2. The van der Waals surface area contributed by atoms with Crippen LogP contribution >= 0.6 is 7.82 Å². The summed E-state index contributed by atoms with van der Waals surface area (Å²) in [6, 6.07) is -0.847. The monoisotopic (exact) mass is 1080 g/mol. The highest BCUT2D eigenvalue weighted by molar-refractivity contribution is 7.47. The molecule has 0 fully saturated rings. The zero-order valence-electron chi connectivity index (χ0n) is 50.8. The molecule has 444 valence electrons. The Morgan fingerprint density at radius 1 is 0.453 bits per heavy atom. The van der Waals surface area contributed by atoms with Gasteiger partial charge < -0.3 is 19.4 Å². The Labute approximate surface area is 466 Å². The van der Waals surface area contributed by atoms with Crippen LogP contribution in [0.15, 0.2) is 24.3 Å². The van der Waals surface area contributed by atoms with Crippen molar-refractivity contribution in [3.63, 3.8) is 0 Å². The summed E-state index contributed by atoms with van der Waals surface area (Å²) >= 11 is 0. The number of nitrogens with zero attached hydrogens (tertiary/aromatic N) is 1. The van der Waals surface area contributed by atoms with E-state index in [0.29, 0.717) is 23.9 Å². The highest BCUT2D eigenvalue weighted by Crippen LogP contribution is 2.43. The van der Waals surface area contributed by atoms with Crippen molar-refractivity contribution in [2.75, 3.05) is 40.9 Å². The van der Waals surface area contributed by atoms with E-state index in [1.54, 1.807) is 0 Å². The van der Waals surface area contributed by atoms with Crippen LogP contribution in [-0.2, 0) is 27.9 Å². The Morgan fingerprint density at radius 2 is 0.773 bits per heavy atom. The number of ether oxygens (including phenoxy) is 1. The minimum atomic E-state index is -4.45. The fourth-order valence-corrected chi connectivity index (χ4v) is 10.6. The molecule has 0 spiro atoms. The van der Waals surface area contributed by atoms with Crippen LogP contribution in [-0.4, -0.2) is 74.3 Å². The molecular formula is C65H128N2O7P+. The van der Waals surface area contributed by atoms with E-state index in [1.165, 1.54) is 218 Å². The second-order valence-electron chi connectivity index (χ2n) is 23.6. The van der Waals surface area contributed by atoms with Gasteiger partial charge in [-0.15, -0.1) is 0 Å². The first-order chi connectivity index (χ1) is 36.4. The lowest BCUT2D eigenvalue weighted by Crippen LogP contribution is -2.47. The van der Waals surface area contributed by atoms with Gasteiger partial charge in [0.2, 0.25) is 5.91 Å². The third-order valence-corrected chi connectivity index (χ3v) is 15.9. The zero-order valence-corrected chi connectivity index (χ0v) is 51.7. The Hall–Kier alpha value is -1.51.